The highest BCUT2D eigenvalue weighted by Crippen LogP contribution is 2.22. The SMILES string of the molecule is CC(C)CNCCSc1cccs1. The molecule has 1 aromatic heterocycles. The Bertz CT molecular complexity index is 207. The molecule has 0 saturated heterocycles. The van der Waals surface area contributed by atoms with Crippen LogP contribution in [0.4, 0.5) is 0 Å². The van der Waals surface area contributed by atoms with Crippen LogP contribution in [0.1, 0.15) is 13.8 Å². The fraction of sp³-hybridized carbons (Fsp3) is 0.600. The van der Waals surface area contributed by atoms with Crippen LogP contribution in [0.2, 0.25) is 0 Å². The number of hydrogen-bond acceptors (Lipinski definition) is 3. The van der Waals surface area contributed by atoms with Gasteiger partial charge in [0.25, 0.3) is 0 Å². The van der Waals surface area contributed by atoms with Crippen LogP contribution in [0.3, 0.4) is 0 Å². The molecule has 0 bridgehead atoms. The van der Waals surface area contributed by atoms with Crippen LogP contribution in [-0.4, -0.2) is 18.8 Å². The smallest absolute Gasteiger partial charge is 0.0598 e. The van der Waals surface area contributed by atoms with Crippen molar-refractivity contribution >= 4 is 23.1 Å². The largest absolute Gasteiger partial charge is 0.316 e. The Hall–Kier alpha value is 0.01000. The Balaban J connectivity index is 1.96. The Morgan fingerprint density at radius 2 is 2.38 bits per heavy atom. The van der Waals surface area contributed by atoms with Crippen LogP contribution >= 0.6 is 23.1 Å². The molecule has 0 aliphatic heterocycles. The van der Waals surface area contributed by atoms with Gasteiger partial charge in [-0.2, -0.15) is 0 Å². The quantitative estimate of drug-likeness (QED) is 0.578. The normalized spacial score (nSPS) is 11.0. The number of rotatable bonds is 6. The molecular formula is C10H17NS2. The molecule has 1 heterocycles. The fourth-order valence-electron chi connectivity index (χ4n) is 0.960. The molecule has 0 saturated carbocycles. The molecule has 3 heteroatoms. The van der Waals surface area contributed by atoms with Crippen LogP contribution in [0.25, 0.3) is 0 Å². The molecule has 1 nitrogen and oxygen atoms in total. The van der Waals surface area contributed by atoms with Crippen molar-refractivity contribution in [1.82, 2.24) is 5.32 Å². The highest BCUT2D eigenvalue weighted by Gasteiger charge is 1.95. The first-order valence-electron chi connectivity index (χ1n) is 4.66. The zero-order valence-electron chi connectivity index (χ0n) is 8.25. The van der Waals surface area contributed by atoms with Crippen molar-refractivity contribution in [2.75, 3.05) is 18.8 Å². The van der Waals surface area contributed by atoms with Gasteiger partial charge in [0.2, 0.25) is 0 Å². The summed E-state index contributed by atoms with van der Waals surface area (Å²) in [6.45, 7) is 6.71. The predicted molar refractivity (Wildman–Crippen MR) is 62.8 cm³/mol. The van der Waals surface area contributed by atoms with Crippen molar-refractivity contribution in [3.05, 3.63) is 17.5 Å². The standard InChI is InChI=1S/C10H17NS2/c1-9(2)8-11-5-7-13-10-4-3-6-12-10/h3-4,6,9,11H,5,7-8H2,1-2H3. The number of hydrogen-bond donors (Lipinski definition) is 1. The third kappa shape index (κ3) is 5.34. The number of thioether (sulfide) groups is 1. The second kappa shape index (κ2) is 6.46. The van der Waals surface area contributed by atoms with Crippen molar-refractivity contribution in [3.63, 3.8) is 0 Å². The van der Waals surface area contributed by atoms with Crippen LogP contribution < -0.4 is 5.32 Å². The van der Waals surface area contributed by atoms with Crippen LogP contribution in [0.5, 0.6) is 0 Å². The molecule has 1 aromatic rings. The number of thiophene rings is 1. The highest BCUT2D eigenvalue weighted by molar-refractivity contribution is 8.01. The summed E-state index contributed by atoms with van der Waals surface area (Å²) in [6, 6.07) is 4.28. The Labute approximate surface area is 88.9 Å². The molecule has 0 spiro atoms. The van der Waals surface area contributed by atoms with Gasteiger partial charge in [0, 0.05) is 12.3 Å². The average Bonchev–Trinajstić information content (AvgIpc) is 2.55. The molecule has 0 amide bonds. The minimum atomic E-state index is 0.756. The third-order valence-electron chi connectivity index (χ3n) is 1.57. The second-order valence-corrected chi connectivity index (χ2v) is 5.72. The first-order chi connectivity index (χ1) is 6.29. The molecule has 0 radical (unpaired) electrons. The Kier molecular flexibility index (Phi) is 5.51. The summed E-state index contributed by atoms with van der Waals surface area (Å²) in [4.78, 5) is 0. The van der Waals surface area contributed by atoms with Crippen molar-refractivity contribution in [2.45, 2.75) is 18.1 Å². The van der Waals surface area contributed by atoms with Gasteiger partial charge in [-0.1, -0.05) is 19.9 Å². The van der Waals surface area contributed by atoms with Crippen molar-refractivity contribution in [2.24, 2.45) is 5.92 Å². The summed E-state index contributed by atoms with van der Waals surface area (Å²) < 4.78 is 1.42. The molecular weight excluding hydrogens is 198 g/mol. The van der Waals surface area contributed by atoms with Gasteiger partial charge >= 0.3 is 0 Å². The van der Waals surface area contributed by atoms with E-state index < -0.39 is 0 Å². The van der Waals surface area contributed by atoms with E-state index in [9.17, 15) is 0 Å². The van der Waals surface area contributed by atoms with Crippen molar-refractivity contribution in [1.29, 1.82) is 0 Å². The van der Waals surface area contributed by atoms with Gasteiger partial charge in [-0.15, -0.1) is 23.1 Å². The van der Waals surface area contributed by atoms with E-state index in [0.29, 0.717) is 0 Å². The zero-order valence-corrected chi connectivity index (χ0v) is 9.88. The molecule has 0 atom stereocenters. The summed E-state index contributed by atoms with van der Waals surface area (Å²) >= 11 is 3.76. The average molecular weight is 215 g/mol. The van der Waals surface area contributed by atoms with E-state index in [0.717, 1.165) is 19.0 Å². The molecule has 0 aliphatic carbocycles. The topological polar surface area (TPSA) is 12.0 Å². The Morgan fingerprint density at radius 3 is 3.00 bits per heavy atom. The molecule has 0 aromatic carbocycles. The van der Waals surface area contributed by atoms with Gasteiger partial charge in [0.1, 0.15) is 0 Å². The third-order valence-corrected chi connectivity index (χ3v) is 3.70. The van der Waals surface area contributed by atoms with Crippen LogP contribution in [0.15, 0.2) is 21.7 Å². The lowest BCUT2D eigenvalue weighted by Crippen LogP contribution is -2.21. The lowest BCUT2D eigenvalue weighted by Gasteiger charge is -2.05. The van der Waals surface area contributed by atoms with E-state index >= 15 is 0 Å². The van der Waals surface area contributed by atoms with E-state index in [4.69, 9.17) is 0 Å². The van der Waals surface area contributed by atoms with Crippen LogP contribution in [-0.2, 0) is 0 Å². The van der Waals surface area contributed by atoms with E-state index in [1.165, 1.54) is 9.96 Å². The molecule has 0 aliphatic rings. The van der Waals surface area contributed by atoms with Gasteiger partial charge in [-0.25, -0.2) is 0 Å². The minimum Gasteiger partial charge on any atom is -0.316 e. The van der Waals surface area contributed by atoms with Crippen molar-refractivity contribution < 1.29 is 0 Å². The lowest BCUT2D eigenvalue weighted by molar-refractivity contribution is 0.568. The van der Waals surface area contributed by atoms with E-state index in [1.54, 1.807) is 0 Å². The van der Waals surface area contributed by atoms with Gasteiger partial charge in [-0.3, -0.25) is 0 Å². The van der Waals surface area contributed by atoms with Gasteiger partial charge in [0.05, 0.1) is 4.21 Å². The zero-order chi connectivity index (χ0) is 9.52. The molecule has 74 valence electrons. The molecule has 0 unspecified atom stereocenters. The molecule has 13 heavy (non-hydrogen) atoms. The van der Waals surface area contributed by atoms with Gasteiger partial charge in [-0.05, 0) is 23.9 Å². The van der Waals surface area contributed by atoms with E-state index in [1.807, 2.05) is 23.1 Å². The van der Waals surface area contributed by atoms with Crippen molar-refractivity contribution in [3.8, 4) is 0 Å². The van der Waals surface area contributed by atoms with E-state index in [2.05, 4.69) is 36.7 Å². The van der Waals surface area contributed by atoms with E-state index in [-0.39, 0.29) is 0 Å². The maximum absolute atomic E-state index is 3.43. The lowest BCUT2D eigenvalue weighted by atomic mass is 10.2. The summed E-state index contributed by atoms with van der Waals surface area (Å²) in [5.41, 5.74) is 0. The molecule has 0 fully saturated rings. The molecule has 1 rings (SSSR count). The predicted octanol–water partition coefficient (Wildman–Crippen LogP) is 3.09. The highest BCUT2D eigenvalue weighted by atomic mass is 32.2. The maximum Gasteiger partial charge on any atom is 0.0598 e. The first-order valence-corrected chi connectivity index (χ1v) is 6.52. The fourth-order valence-corrected chi connectivity index (χ4v) is 2.72. The summed E-state index contributed by atoms with van der Waals surface area (Å²) in [6.07, 6.45) is 0. The molecule has 1 N–H and O–H groups in total. The summed E-state index contributed by atoms with van der Waals surface area (Å²) in [5.74, 6) is 1.93. The monoisotopic (exact) mass is 215 g/mol. The van der Waals surface area contributed by atoms with Gasteiger partial charge in [0.15, 0.2) is 0 Å². The Morgan fingerprint density at radius 1 is 1.54 bits per heavy atom. The first kappa shape index (κ1) is 11.1. The van der Waals surface area contributed by atoms with Crippen LogP contribution in [0, 0.1) is 5.92 Å². The summed E-state index contributed by atoms with van der Waals surface area (Å²) in [7, 11) is 0. The number of nitrogens with one attached hydrogen (secondary N) is 1. The summed E-state index contributed by atoms with van der Waals surface area (Å²) in [5, 5.41) is 5.56. The maximum atomic E-state index is 3.43. The minimum absolute atomic E-state index is 0.756. The van der Waals surface area contributed by atoms with Gasteiger partial charge < -0.3 is 5.32 Å². The second-order valence-electron chi connectivity index (χ2n) is 3.38.